The van der Waals surface area contributed by atoms with Crippen molar-refractivity contribution in [3.63, 3.8) is 0 Å². The number of aliphatic hydroxyl groups excluding tert-OH is 2. The molecule has 2 aromatic carbocycles. The van der Waals surface area contributed by atoms with Crippen LogP contribution >= 0.6 is 0 Å². The van der Waals surface area contributed by atoms with Crippen LogP contribution < -0.4 is 4.74 Å². The summed E-state index contributed by atoms with van der Waals surface area (Å²) in [5.74, 6) is -3.32. The molecule has 0 amide bonds. The van der Waals surface area contributed by atoms with Gasteiger partial charge in [0.15, 0.2) is 17.2 Å². The summed E-state index contributed by atoms with van der Waals surface area (Å²) in [5, 5.41) is 44.9. The summed E-state index contributed by atoms with van der Waals surface area (Å²) in [6.45, 7) is 8.91. The molecule has 0 unspecified atom stereocenters. The molecule has 40 heavy (non-hydrogen) atoms. The Morgan fingerprint density at radius 1 is 1.02 bits per heavy atom. The van der Waals surface area contributed by atoms with E-state index in [0.29, 0.717) is 12.2 Å². The number of allylic oxidation sites excluding steroid dienone is 2. The van der Waals surface area contributed by atoms with Crippen LogP contribution in [0.3, 0.4) is 0 Å². The molecule has 8 nitrogen and oxygen atoms in total. The molecule has 5 rings (SSSR count). The highest BCUT2D eigenvalue weighted by atomic mass is 16.5. The van der Waals surface area contributed by atoms with Gasteiger partial charge in [0.1, 0.15) is 28.6 Å². The van der Waals surface area contributed by atoms with Gasteiger partial charge in [0.05, 0.1) is 12.2 Å². The van der Waals surface area contributed by atoms with Gasteiger partial charge >= 0.3 is 0 Å². The number of hydrogen-bond acceptors (Lipinski definition) is 8. The molecule has 0 heterocycles. The van der Waals surface area contributed by atoms with Crippen molar-refractivity contribution in [1.29, 1.82) is 0 Å². The first-order chi connectivity index (χ1) is 18.7. The first kappa shape index (κ1) is 27.6. The average Bonchev–Trinajstić information content (AvgIpc) is 2.86. The van der Waals surface area contributed by atoms with Crippen molar-refractivity contribution in [3.8, 4) is 22.6 Å². The molecule has 0 aliphatic heterocycles. The molecular weight excluding hydrogens is 512 g/mol. The lowest BCUT2D eigenvalue weighted by molar-refractivity contribution is -0.158. The van der Waals surface area contributed by atoms with Crippen molar-refractivity contribution in [3.05, 3.63) is 69.7 Å². The normalized spacial score (nSPS) is 27.8. The van der Waals surface area contributed by atoms with Gasteiger partial charge in [-0.2, -0.15) is 0 Å². The standard InChI is InChI=1S/C32H34O8/c1-6-17-12-18(8-11-23(17)40-7-2)19-9-10-21(34)25-20(19)13-30(4)15-31(5)14-22(35)24(16(3)33)28(37)32(31,39)29(38)26(30)27(25)36/h8-12,34-35,38-39H,6-7,13-15H2,1-5H3/t30-,31+,32+/m0/s1. The van der Waals surface area contributed by atoms with E-state index in [2.05, 4.69) is 0 Å². The van der Waals surface area contributed by atoms with E-state index in [1.807, 2.05) is 32.0 Å². The summed E-state index contributed by atoms with van der Waals surface area (Å²) < 4.78 is 5.75. The summed E-state index contributed by atoms with van der Waals surface area (Å²) in [7, 11) is 0. The van der Waals surface area contributed by atoms with E-state index in [1.165, 1.54) is 6.07 Å². The molecule has 0 spiro atoms. The Kier molecular flexibility index (Phi) is 6.26. The molecule has 0 radical (unpaired) electrons. The van der Waals surface area contributed by atoms with Gasteiger partial charge in [-0.3, -0.25) is 14.4 Å². The number of fused-ring (bicyclic) bond motifs is 3. The number of ether oxygens (including phenoxy) is 1. The van der Waals surface area contributed by atoms with Crippen molar-refractivity contribution in [2.75, 3.05) is 6.61 Å². The molecule has 8 heteroatoms. The van der Waals surface area contributed by atoms with Crippen molar-refractivity contribution < 1.29 is 39.5 Å². The minimum Gasteiger partial charge on any atom is -0.511 e. The predicted molar refractivity (Wildman–Crippen MR) is 148 cm³/mol. The van der Waals surface area contributed by atoms with Crippen LogP contribution in [-0.2, 0) is 22.4 Å². The number of carbonyl (C=O) groups excluding carboxylic acids is 3. The van der Waals surface area contributed by atoms with Gasteiger partial charge in [-0.1, -0.05) is 32.9 Å². The second-order valence-corrected chi connectivity index (χ2v) is 11.7. The maximum absolute atomic E-state index is 14.1. The molecule has 0 aromatic heterocycles. The SMILES string of the molecule is CCOc1ccc(-c2ccc(O)c3c2C[C@@]2(C)C[C@@]4(C)CC(O)=C(C(C)=O)C(=O)[C@@]4(O)C(O)=C2C3=O)cc1CC. The minimum atomic E-state index is -2.58. The number of aryl methyl sites for hydroxylation is 1. The number of phenols is 1. The van der Waals surface area contributed by atoms with Gasteiger partial charge in [-0.05, 0) is 73.6 Å². The van der Waals surface area contributed by atoms with Crippen LogP contribution in [0.2, 0.25) is 0 Å². The summed E-state index contributed by atoms with van der Waals surface area (Å²) in [4.78, 5) is 39.7. The predicted octanol–water partition coefficient (Wildman–Crippen LogP) is 5.09. The van der Waals surface area contributed by atoms with Gasteiger partial charge in [0.2, 0.25) is 5.78 Å². The smallest absolute Gasteiger partial charge is 0.209 e. The third kappa shape index (κ3) is 3.58. The molecule has 3 aliphatic carbocycles. The van der Waals surface area contributed by atoms with E-state index in [9.17, 15) is 34.8 Å². The van der Waals surface area contributed by atoms with Gasteiger partial charge in [0, 0.05) is 22.8 Å². The van der Waals surface area contributed by atoms with Gasteiger partial charge < -0.3 is 25.2 Å². The number of aromatic hydroxyl groups is 1. The first-order valence-electron chi connectivity index (χ1n) is 13.5. The molecule has 0 bridgehead atoms. The lowest BCUT2D eigenvalue weighted by atomic mass is 9.48. The van der Waals surface area contributed by atoms with Crippen LogP contribution in [0.5, 0.6) is 11.5 Å². The van der Waals surface area contributed by atoms with E-state index in [4.69, 9.17) is 4.74 Å². The lowest BCUT2D eigenvalue weighted by Crippen LogP contribution is -2.63. The number of ketones is 3. The number of aliphatic hydroxyl groups is 3. The molecule has 0 saturated heterocycles. The first-order valence-corrected chi connectivity index (χ1v) is 13.5. The Morgan fingerprint density at radius 3 is 2.35 bits per heavy atom. The average molecular weight is 547 g/mol. The third-order valence-electron chi connectivity index (χ3n) is 8.95. The van der Waals surface area contributed by atoms with E-state index in [1.54, 1.807) is 19.9 Å². The van der Waals surface area contributed by atoms with Crippen LogP contribution in [0.25, 0.3) is 11.1 Å². The summed E-state index contributed by atoms with van der Waals surface area (Å²) >= 11 is 0. The number of benzene rings is 2. The third-order valence-corrected chi connectivity index (χ3v) is 8.95. The van der Waals surface area contributed by atoms with Crippen LogP contribution in [0.4, 0.5) is 0 Å². The van der Waals surface area contributed by atoms with Gasteiger partial charge in [-0.25, -0.2) is 0 Å². The van der Waals surface area contributed by atoms with Crippen molar-refractivity contribution in [2.45, 2.75) is 65.9 Å². The fourth-order valence-electron chi connectivity index (χ4n) is 7.25. The zero-order chi connectivity index (χ0) is 29.4. The Hall–Kier alpha value is -3.91. The number of Topliss-reactive ketones (excluding diaryl/α,β-unsaturated/α-hetero) is 3. The number of phenolic OH excluding ortho intramolecular Hbond substituents is 1. The van der Waals surface area contributed by atoms with Crippen LogP contribution in [0.15, 0.2) is 53.0 Å². The summed E-state index contributed by atoms with van der Waals surface area (Å²) in [5.41, 5.74) is -2.61. The van der Waals surface area contributed by atoms with Crippen LogP contribution in [-0.4, -0.2) is 50.0 Å². The topological polar surface area (TPSA) is 141 Å². The highest BCUT2D eigenvalue weighted by Gasteiger charge is 2.67. The Morgan fingerprint density at radius 2 is 1.73 bits per heavy atom. The van der Waals surface area contributed by atoms with E-state index in [-0.39, 0.29) is 36.1 Å². The molecule has 0 fully saturated rings. The molecular formula is C32H34O8. The minimum absolute atomic E-state index is 0.00380. The molecule has 3 aliphatic rings. The second kappa shape index (κ2) is 9.06. The highest BCUT2D eigenvalue weighted by molar-refractivity contribution is 6.25. The Labute approximate surface area is 232 Å². The Bertz CT molecular complexity index is 1560. The molecule has 210 valence electrons. The van der Waals surface area contributed by atoms with Gasteiger partial charge in [0.25, 0.3) is 0 Å². The number of rotatable bonds is 5. The fraction of sp³-hybridized carbons (Fsp3) is 0.406. The quantitative estimate of drug-likeness (QED) is 0.380. The molecule has 4 N–H and O–H groups in total. The van der Waals surface area contributed by atoms with Crippen molar-refractivity contribution in [2.24, 2.45) is 10.8 Å². The Balaban J connectivity index is 1.73. The number of hydrogen-bond donors (Lipinski definition) is 4. The van der Waals surface area contributed by atoms with E-state index in [0.717, 1.165) is 35.8 Å². The van der Waals surface area contributed by atoms with E-state index < -0.39 is 50.9 Å². The summed E-state index contributed by atoms with van der Waals surface area (Å²) in [6, 6.07) is 8.97. The maximum Gasteiger partial charge on any atom is 0.209 e. The summed E-state index contributed by atoms with van der Waals surface area (Å²) in [6.07, 6.45) is 0.769. The lowest BCUT2D eigenvalue weighted by Gasteiger charge is -2.56. The zero-order valence-electron chi connectivity index (χ0n) is 23.3. The second-order valence-electron chi connectivity index (χ2n) is 11.7. The van der Waals surface area contributed by atoms with Crippen LogP contribution in [0.1, 0.15) is 68.9 Å². The fourth-order valence-corrected chi connectivity index (χ4v) is 7.25. The number of carbonyl (C=O) groups is 3. The van der Waals surface area contributed by atoms with E-state index >= 15 is 0 Å². The molecule has 3 atom stereocenters. The zero-order valence-corrected chi connectivity index (χ0v) is 23.3. The largest absolute Gasteiger partial charge is 0.511 e. The molecule has 2 aromatic rings. The van der Waals surface area contributed by atoms with Gasteiger partial charge in [-0.15, -0.1) is 0 Å². The maximum atomic E-state index is 14.1. The monoisotopic (exact) mass is 546 g/mol. The van der Waals surface area contributed by atoms with Crippen molar-refractivity contribution >= 4 is 17.3 Å². The van der Waals surface area contributed by atoms with Crippen molar-refractivity contribution in [1.82, 2.24) is 0 Å². The highest BCUT2D eigenvalue weighted by Crippen LogP contribution is 2.62. The molecule has 0 saturated carbocycles. The van der Waals surface area contributed by atoms with Crippen LogP contribution in [0, 0.1) is 10.8 Å².